The molecule has 0 aliphatic carbocycles. The molecular formula is C23H27ClN2O. The van der Waals surface area contributed by atoms with Crippen LogP contribution in [0.3, 0.4) is 0 Å². The molecule has 3 nitrogen and oxygen atoms in total. The molecule has 2 heterocycles. The summed E-state index contributed by atoms with van der Waals surface area (Å²) in [4.78, 5) is 3.65. The van der Waals surface area contributed by atoms with Crippen molar-refractivity contribution in [1.29, 1.82) is 0 Å². The number of rotatable bonds is 2. The number of aromatic nitrogens is 1. The van der Waals surface area contributed by atoms with Crippen LogP contribution >= 0.6 is 11.6 Å². The molecular weight excluding hydrogens is 356 g/mol. The summed E-state index contributed by atoms with van der Waals surface area (Å²) in [5.41, 5.74) is 7.58. The first-order chi connectivity index (χ1) is 12.8. The van der Waals surface area contributed by atoms with E-state index in [1.54, 1.807) is 7.11 Å². The zero-order chi connectivity index (χ0) is 19.3. The summed E-state index contributed by atoms with van der Waals surface area (Å²) in [5, 5.41) is 5.75. The lowest BCUT2D eigenvalue weighted by molar-refractivity contribution is 0.396. The summed E-state index contributed by atoms with van der Waals surface area (Å²) < 4.78 is 5.68. The maximum atomic E-state index is 6.26. The zero-order valence-electron chi connectivity index (χ0n) is 16.7. The van der Waals surface area contributed by atoms with Crippen molar-refractivity contribution in [2.24, 2.45) is 0 Å². The Morgan fingerprint density at radius 2 is 1.93 bits per heavy atom. The van der Waals surface area contributed by atoms with E-state index < -0.39 is 0 Å². The van der Waals surface area contributed by atoms with Crippen molar-refractivity contribution in [2.45, 2.75) is 45.6 Å². The predicted molar refractivity (Wildman–Crippen MR) is 113 cm³/mol. The van der Waals surface area contributed by atoms with Crippen molar-refractivity contribution in [3.8, 4) is 5.75 Å². The van der Waals surface area contributed by atoms with E-state index in [2.05, 4.69) is 62.3 Å². The normalized spacial score (nSPS) is 17.2. The molecule has 1 atom stereocenters. The Morgan fingerprint density at radius 1 is 1.15 bits per heavy atom. The fourth-order valence-electron chi connectivity index (χ4n) is 4.23. The average molecular weight is 383 g/mol. The van der Waals surface area contributed by atoms with Crippen LogP contribution in [-0.2, 0) is 11.8 Å². The van der Waals surface area contributed by atoms with Crippen LogP contribution in [0, 0.1) is 6.92 Å². The summed E-state index contributed by atoms with van der Waals surface area (Å²) in [6, 6.07) is 10.7. The molecule has 142 valence electrons. The first-order valence-electron chi connectivity index (χ1n) is 9.52. The monoisotopic (exact) mass is 382 g/mol. The maximum Gasteiger partial charge on any atom is 0.122 e. The lowest BCUT2D eigenvalue weighted by Gasteiger charge is -2.29. The van der Waals surface area contributed by atoms with Gasteiger partial charge in [0.05, 0.1) is 13.2 Å². The molecule has 0 bridgehead atoms. The smallest absolute Gasteiger partial charge is 0.122 e. The highest BCUT2D eigenvalue weighted by molar-refractivity contribution is 6.31. The van der Waals surface area contributed by atoms with Gasteiger partial charge in [-0.25, -0.2) is 0 Å². The SMILES string of the molecule is COc1cc(C)c(C2NCCc3c2[nH]c2ccc(Cl)cc32)cc1C(C)(C)C. The van der Waals surface area contributed by atoms with Gasteiger partial charge in [-0.05, 0) is 71.3 Å². The van der Waals surface area contributed by atoms with Gasteiger partial charge in [0, 0.05) is 28.2 Å². The summed E-state index contributed by atoms with van der Waals surface area (Å²) in [5.74, 6) is 0.961. The quantitative estimate of drug-likeness (QED) is 0.599. The maximum absolute atomic E-state index is 6.26. The zero-order valence-corrected chi connectivity index (χ0v) is 17.4. The number of fused-ring (bicyclic) bond motifs is 3. The molecule has 1 aliphatic heterocycles. The molecule has 4 heteroatoms. The Hall–Kier alpha value is -1.97. The molecule has 0 fully saturated rings. The molecule has 4 rings (SSSR count). The van der Waals surface area contributed by atoms with Gasteiger partial charge >= 0.3 is 0 Å². The van der Waals surface area contributed by atoms with Crippen LogP contribution < -0.4 is 10.1 Å². The van der Waals surface area contributed by atoms with Crippen molar-refractivity contribution in [3.63, 3.8) is 0 Å². The van der Waals surface area contributed by atoms with E-state index >= 15 is 0 Å². The predicted octanol–water partition coefficient (Wildman–Crippen LogP) is 5.67. The molecule has 2 aromatic carbocycles. The van der Waals surface area contributed by atoms with Gasteiger partial charge < -0.3 is 15.0 Å². The van der Waals surface area contributed by atoms with Gasteiger partial charge in [0.25, 0.3) is 0 Å². The van der Waals surface area contributed by atoms with Crippen LogP contribution in [-0.4, -0.2) is 18.6 Å². The number of H-pyrrole nitrogens is 1. The molecule has 1 aliphatic rings. The van der Waals surface area contributed by atoms with Gasteiger partial charge in [0.15, 0.2) is 0 Å². The molecule has 2 N–H and O–H groups in total. The van der Waals surface area contributed by atoms with E-state index in [0.717, 1.165) is 29.3 Å². The Morgan fingerprint density at radius 3 is 2.63 bits per heavy atom. The topological polar surface area (TPSA) is 37.0 Å². The molecule has 0 amide bonds. The van der Waals surface area contributed by atoms with Crippen molar-refractivity contribution in [1.82, 2.24) is 10.3 Å². The van der Waals surface area contributed by atoms with Gasteiger partial charge in [-0.1, -0.05) is 32.4 Å². The Bertz CT molecular complexity index is 1010. The van der Waals surface area contributed by atoms with Gasteiger partial charge in [-0.3, -0.25) is 0 Å². The molecule has 27 heavy (non-hydrogen) atoms. The van der Waals surface area contributed by atoms with Crippen LogP contribution in [0.1, 0.15) is 54.8 Å². The minimum absolute atomic E-state index is 0.0132. The molecule has 1 unspecified atom stereocenters. The lowest BCUT2D eigenvalue weighted by Crippen LogP contribution is -2.31. The van der Waals surface area contributed by atoms with Crippen LogP contribution in [0.15, 0.2) is 30.3 Å². The largest absolute Gasteiger partial charge is 0.496 e. The second-order valence-corrected chi connectivity index (χ2v) is 8.94. The molecule has 3 aromatic rings. The van der Waals surface area contributed by atoms with E-state index in [1.165, 1.54) is 33.3 Å². The third-order valence-electron chi connectivity index (χ3n) is 5.62. The van der Waals surface area contributed by atoms with Gasteiger partial charge in [-0.15, -0.1) is 0 Å². The molecule has 0 saturated heterocycles. The number of halogens is 1. The standard InChI is InChI=1S/C23H27ClN2O/c1-13-10-20(27-5)18(23(2,3)4)12-16(13)21-22-15(8-9-25-21)17-11-14(24)6-7-19(17)26-22/h6-7,10-12,21,25-26H,8-9H2,1-5H3. The molecule has 0 radical (unpaired) electrons. The first kappa shape index (κ1) is 18.4. The second-order valence-electron chi connectivity index (χ2n) is 8.50. The highest BCUT2D eigenvalue weighted by atomic mass is 35.5. The second kappa shape index (κ2) is 6.57. The Balaban J connectivity index is 1.90. The van der Waals surface area contributed by atoms with Gasteiger partial charge in [0.1, 0.15) is 5.75 Å². The summed E-state index contributed by atoms with van der Waals surface area (Å²) in [6.45, 7) is 9.81. The van der Waals surface area contributed by atoms with Gasteiger partial charge in [-0.2, -0.15) is 0 Å². The lowest BCUT2D eigenvalue weighted by atomic mass is 9.82. The minimum Gasteiger partial charge on any atom is -0.496 e. The summed E-state index contributed by atoms with van der Waals surface area (Å²) in [7, 11) is 1.75. The fraction of sp³-hybridized carbons (Fsp3) is 0.391. The van der Waals surface area contributed by atoms with Crippen molar-refractivity contribution >= 4 is 22.5 Å². The fourth-order valence-corrected chi connectivity index (χ4v) is 4.40. The number of ether oxygens (including phenoxy) is 1. The van der Waals surface area contributed by atoms with Crippen molar-refractivity contribution in [2.75, 3.05) is 13.7 Å². The third kappa shape index (κ3) is 3.13. The number of hydrogen-bond acceptors (Lipinski definition) is 2. The number of benzene rings is 2. The molecule has 0 saturated carbocycles. The van der Waals surface area contributed by atoms with Crippen LogP contribution in [0.4, 0.5) is 0 Å². The van der Waals surface area contributed by atoms with E-state index in [9.17, 15) is 0 Å². The van der Waals surface area contributed by atoms with Crippen LogP contribution in [0.25, 0.3) is 10.9 Å². The Labute approximate surface area is 166 Å². The highest BCUT2D eigenvalue weighted by Gasteiger charge is 2.29. The van der Waals surface area contributed by atoms with Crippen LogP contribution in [0.5, 0.6) is 5.75 Å². The number of aryl methyl sites for hydroxylation is 1. The van der Waals surface area contributed by atoms with Crippen LogP contribution in [0.2, 0.25) is 5.02 Å². The summed E-state index contributed by atoms with van der Waals surface area (Å²) >= 11 is 6.26. The average Bonchev–Trinajstić information content (AvgIpc) is 2.98. The first-order valence-corrected chi connectivity index (χ1v) is 9.90. The third-order valence-corrected chi connectivity index (χ3v) is 5.86. The van der Waals surface area contributed by atoms with Gasteiger partial charge in [0.2, 0.25) is 0 Å². The number of nitrogens with one attached hydrogen (secondary N) is 2. The highest BCUT2D eigenvalue weighted by Crippen LogP contribution is 2.40. The van der Waals surface area contributed by atoms with E-state index in [0.29, 0.717) is 0 Å². The van der Waals surface area contributed by atoms with E-state index in [-0.39, 0.29) is 11.5 Å². The number of methoxy groups -OCH3 is 1. The molecule has 1 aromatic heterocycles. The van der Waals surface area contributed by atoms with Crippen molar-refractivity contribution < 1.29 is 4.74 Å². The van der Waals surface area contributed by atoms with Crippen molar-refractivity contribution in [3.05, 3.63) is 63.3 Å². The molecule has 0 spiro atoms. The van der Waals surface area contributed by atoms with E-state index in [1.807, 2.05) is 6.07 Å². The minimum atomic E-state index is 0.0132. The number of aromatic amines is 1. The number of hydrogen-bond donors (Lipinski definition) is 2. The van der Waals surface area contributed by atoms with E-state index in [4.69, 9.17) is 16.3 Å². The Kier molecular flexibility index (Phi) is 4.48. The summed E-state index contributed by atoms with van der Waals surface area (Å²) in [6.07, 6.45) is 1.01.